The Morgan fingerprint density at radius 3 is 2.69 bits per heavy atom. The van der Waals surface area contributed by atoms with Crippen molar-refractivity contribution < 1.29 is 18.0 Å². The zero-order valence-electron chi connectivity index (χ0n) is 14.7. The number of aromatic nitrogens is 2. The van der Waals surface area contributed by atoms with Gasteiger partial charge in [-0.2, -0.15) is 18.3 Å². The van der Waals surface area contributed by atoms with E-state index < -0.39 is 11.7 Å². The number of benzene rings is 1. The topological polar surface area (TPSA) is 59.0 Å². The molecule has 1 atom stereocenters. The molecule has 2 aromatic rings. The number of halogens is 3. The standard InChI is InChI=1S/C18H21F3N4O/c1-11-7-12(2)25(24-11)15-4-3-13(16(8-15)18(19,20)21)10-23-17(26)14-5-6-22-9-14/h3-4,7-8,14,22H,5-6,9-10H2,1-2H3,(H,23,26). The lowest BCUT2D eigenvalue weighted by Crippen LogP contribution is -2.32. The van der Waals surface area contributed by atoms with Gasteiger partial charge in [0, 0.05) is 18.8 Å². The quantitative estimate of drug-likeness (QED) is 0.875. The van der Waals surface area contributed by atoms with Crippen LogP contribution in [-0.2, 0) is 17.5 Å². The first kappa shape index (κ1) is 18.4. The Bertz CT molecular complexity index is 807. The number of hydrogen-bond acceptors (Lipinski definition) is 3. The maximum Gasteiger partial charge on any atom is 0.416 e. The number of alkyl halides is 3. The first-order chi connectivity index (χ1) is 12.3. The Hall–Kier alpha value is -2.35. The lowest BCUT2D eigenvalue weighted by molar-refractivity contribution is -0.138. The summed E-state index contributed by atoms with van der Waals surface area (Å²) in [7, 11) is 0. The van der Waals surface area contributed by atoms with Gasteiger partial charge in [0.1, 0.15) is 0 Å². The monoisotopic (exact) mass is 366 g/mol. The highest BCUT2D eigenvalue weighted by atomic mass is 19.4. The number of carbonyl (C=O) groups excluding carboxylic acids is 1. The minimum Gasteiger partial charge on any atom is -0.352 e. The molecule has 0 aliphatic carbocycles. The fourth-order valence-electron chi connectivity index (χ4n) is 3.21. The van der Waals surface area contributed by atoms with Crippen LogP contribution in [0.3, 0.4) is 0 Å². The van der Waals surface area contributed by atoms with Gasteiger partial charge in [0.25, 0.3) is 0 Å². The van der Waals surface area contributed by atoms with E-state index in [4.69, 9.17) is 0 Å². The fraction of sp³-hybridized carbons (Fsp3) is 0.444. The van der Waals surface area contributed by atoms with E-state index in [0.717, 1.165) is 24.0 Å². The molecule has 0 spiro atoms. The van der Waals surface area contributed by atoms with Crippen molar-refractivity contribution in [1.82, 2.24) is 20.4 Å². The minimum atomic E-state index is -4.51. The zero-order valence-corrected chi connectivity index (χ0v) is 14.7. The van der Waals surface area contributed by atoms with E-state index in [9.17, 15) is 18.0 Å². The third-order valence-electron chi connectivity index (χ3n) is 4.54. The molecular formula is C18H21F3N4O. The summed E-state index contributed by atoms with van der Waals surface area (Å²) in [6, 6.07) is 5.88. The molecular weight excluding hydrogens is 345 g/mol. The Morgan fingerprint density at radius 2 is 2.12 bits per heavy atom. The highest BCUT2D eigenvalue weighted by molar-refractivity contribution is 5.79. The van der Waals surface area contributed by atoms with Crippen molar-refractivity contribution in [2.75, 3.05) is 13.1 Å². The first-order valence-electron chi connectivity index (χ1n) is 8.48. The number of nitrogens with one attached hydrogen (secondary N) is 2. The number of hydrogen-bond donors (Lipinski definition) is 2. The molecule has 26 heavy (non-hydrogen) atoms. The SMILES string of the molecule is Cc1cc(C)n(-c2ccc(CNC(=O)C3CCNC3)c(C(F)(F)F)c2)n1. The summed E-state index contributed by atoms with van der Waals surface area (Å²) in [5.41, 5.74) is 1.12. The van der Waals surface area contributed by atoms with Crippen LogP contribution in [0, 0.1) is 19.8 Å². The van der Waals surface area contributed by atoms with Crippen LogP contribution >= 0.6 is 0 Å². The van der Waals surface area contributed by atoms with Crippen molar-refractivity contribution in [3.8, 4) is 5.69 Å². The molecule has 1 fully saturated rings. The highest BCUT2D eigenvalue weighted by Gasteiger charge is 2.34. The minimum absolute atomic E-state index is 0.0436. The molecule has 1 aliphatic heterocycles. The predicted molar refractivity (Wildman–Crippen MR) is 90.9 cm³/mol. The van der Waals surface area contributed by atoms with Gasteiger partial charge in [-0.3, -0.25) is 4.79 Å². The average Bonchev–Trinajstić information content (AvgIpc) is 3.21. The summed E-state index contributed by atoms with van der Waals surface area (Å²) in [6.07, 6.45) is -3.81. The molecule has 1 aromatic heterocycles. The van der Waals surface area contributed by atoms with Crippen LogP contribution in [0.2, 0.25) is 0 Å². The number of carbonyl (C=O) groups is 1. The Balaban J connectivity index is 1.85. The molecule has 1 aromatic carbocycles. The molecule has 1 amide bonds. The molecule has 1 aliphatic rings. The maximum atomic E-state index is 13.5. The molecule has 5 nitrogen and oxygen atoms in total. The van der Waals surface area contributed by atoms with Gasteiger partial charge in [0.05, 0.1) is 22.9 Å². The largest absolute Gasteiger partial charge is 0.416 e. The summed E-state index contributed by atoms with van der Waals surface area (Å²) < 4.78 is 42.1. The molecule has 0 bridgehead atoms. The average molecular weight is 366 g/mol. The molecule has 8 heteroatoms. The summed E-state index contributed by atoms with van der Waals surface area (Å²) in [4.78, 5) is 12.1. The van der Waals surface area contributed by atoms with Crippen LogP contribution in [-0.4, -0.2) is 28.8 Å². The van der Waals surface area contributed by atoms with Gasteiger partial charge < -0.3 is 10.6 Å². The van der Waals surface area contributed by atoms with Crippen LogP contribution in [0.4, 0.5) is 13.2 Å². The van der Waals surface area contributed by atoms with Crippen LogP contribution in [0.1, 0.15) is 28.9 Å². The van der Waals surface area contributed by atoms with Gasteiger partial charge in [-0.25, -0.2) is 4.68 Å². The van der Waals surface area contributed by atoms with Gasteiger partial charge in [0.2, 0.25) is 5.91 Å². The molecule has 0 radical (unpaired) electrons. The van der Waals surface area contributed by atoms with E-state index in [2.05, 4.69) is 15.7 Å². The van der Waals surface area contributed by atoms with Crippen LogP contribution in [0.5, 0.6) is 0 Å². The molecule has 1 unspecified atom stereocenters. The molecule has 3 rings (SSSR count). The third-order valence-corrected chi connectivity index (χ3v) is 4.54. The summed E-state index contributed by atoms with van der Waals surface area (Å²) in [5, 5.41) is 9.93. The van der Waals surface area contributed by atoms with Crippen LogP contribution in [0.25, 0.3) is 5.69 Å². The van der Waals surface area contributed by atoms with E-state index in [0.29, 0.717) is 18.7 Å². The second-order valence-electron chi connectivity index (χ2n) is 6.59. The summed E-state index contributed by atoms with van der Waals surface area (Å²) >= 11 is 0. The van der Waals surface area contributed by atoms with Crippen molar-refractivity contribution in [3.63, 3.8) is 0 Å². The smallest absolute Gasteiger partial charge is 0.352 e. The summed E-state index contributed by atoms with van der Waals surface area (Å²) in [5.74, 6) is -0.399. The second-order valence-corrected chi connectivity index (χ2v) is 6.59. The Labute approximate surface area is 149 Å². The van der Waals surface area contributed by atoms with Gasteiger partial charge >= 0.3 is 6.18 Å². The zero-order chi connectivity index (χ0) is 18.9. The fourth-order valence-corrected chi connectivity index (χ4v) is 3.21. The predicted octanol–water partition coefficient (Wildman–Crippen LogP) is 2.73. The van der Waals surface area contributed by atoms with Gasteiger partial charge in [-0.05, 0) is 50.6 Å². The molecule has 1 saturated heterocycles. The Kier molecular flexibility index (Phi) is 5.04. The third kappa shape index (κ3) is 3.90. The number of amides is 1. The van der Waals surface area contributed by atoms with E-state index in [1.807, 2.05) is 0 Å². The number of aryl methyl sites for hydroxylation is 2. The second kappa shape index (κ2) is 7.11. The molecule has 0 saturated carbocycles. The summed E-state index contributed by atoms with van der Waals surface area (Å²) in [6.45, 7) is 4.74. The van der Waals surface area contributed by atoms with E-state index in [1.54, 1.807) is 26.0 Å². The van der Waals surface area contributed by atoms with E-state index >= 15 is 0 Å². The van der Waals surface area contributed by atoms with Gasteiger partial charge in [0.15, 0.2) is 0 Å². The van der Waals surface area contributed by atoms with Crippen molar-refractivity contribution in [1.29, 1.82) is 0 Å². The lowest BCUT2D eigenvalue weighted by atomic mass is 10.0. The van der Waals surface area contributed by atoms with E-state index in [-0.39, 0.29) is 23.9 Å². The number of rotatable bonds is 4. The van der Waals surface area contributed by atoms with Gasteiger partial charge in [-0.1, -0.05) is 6.07 Å². The van der Waals surface area contributed by atoms with Gasteiger partial charge in [-0.15, -0.1) is 0 Å². The van der Waals surface area contributed by atoms with Crippen LogP contribution < -0.4 is 10.6 Å². The van der Waals surface area contributed by atoms with Crippen molar-refractivity contribution in [2.24, 2.45) is 5.92 Å². The Morgan fingerprint density at radius 1 is 1.35 bits per heavy atom. The number of nitrogens with zero attached hydrogens (tertiary/aromatic N) is 2. The first-order valence-corrected chi connectivity index (χ1v) is 8.48. The van der Waals surface area contributed by atoms with Crippen molar-refractivity contribution in [2.45, 2.75) is 33.0 Å². The molecule has 140 valence electrons. The normalized spacial score (nSPS) is 17.5. The highest BCUT2D eigenvalue weighted by Crippen LogP contribution is 2.33. The van der Waals surface area contributed by atoms with Crippen molar-refractivity contribution in [3.05, 3.63) is 46.8 Å². The lowest BCUT2D eigenvalue weighted by Gasteiger charge is -2.17. The van der Waals surface area contributed by atoms with E-state index in [1.165, 1.54) is 10.7 Å². The van der Waals surface area contributed by atoms with Crippen molar-refractivity contribution >= 4 is 5.91 Å². The van der Waals surface area contributed by atoms with Crippen LogP contribution in [0.15, 0.2) is 24.3 Å². The molecule has 2 N–H and O–H groups in total. The molecule has 2 heterocycles. The maximum absolute atomic E-state index is 13.5.